The van der Waals surface area contributed by atoms with Gasteiger partial charge in [0.1, 0.15) is 5.75 Å². The van der Waals surface area contributed by atoms with E-state index in [2.05, 4.69) is 22.0 Å². The van der Waals surface area contributed by atoms with Crippen LogP contribution in [-0.2, 0) is 11.3 Å². The Kier molecular flexibility index (Phi) is 7.72. The van der Waals surface area contributed by atoms with E-state index < -0.39 is 0 Å². The molecular formula is C25H32N4O3. The number of hydrogen-bond acceptors (Lipinski definition) is 5. The van der Waals surface area contributed by atoms with E-state index in [0.29, 0.717) is 12.2 Å². The van der Waals surface area contributed by atoms with Gasteiger partial charge in [0.15, 0.2) is 0 Å². The van der Waals surface area contributed by atoms with Crippen molar-refractivity contribution in [3.05, 3.63) is 59.9 Å². The molecule has 0 N–H and O–H groups in total. The average molecular weight is 437 g/mol. The zero-order valence-corrected chi connectivity index (χ0v) is 18.6. The largest absolute Gasteiger partial charge is 0.494 e. The van der Waals surface area contributed by atoms with Crippen molar-refractivity contribution < 1.29 is 14.3 Å². The summed E-state index contributed by atoms with van der Waals surface area (Å²) in [5, 5.41) is 0. The second-order valence-corrected chi connectivity index (χ2v) is 8.58. The summed E-state index contributed by atoms with van der Waals surface area (Å²) in [6.07, 6.45) is 8.34. The Bertz CT molecular complexity index is 867. The monoisotopic (exact) mass is 436 g/mol. The summed E-state index contributed by atoms with van der Waals surface area (Å²) in [6.45, 7) is 5.71. The van der Waals surface area contributed by atoms with E-state index in [9.17, 15) is 9.59 Å². The van der Waals surface area contributed by atoms with E-state index in [4.69, 9.17) is 4.74 Å². The standard InChI is InChI=1S/C25H32N4O3/c30-20-28-16-14-27(15-17-28)19-21-4-6-24(7-5-21)32-18-10-23-3-1-2-13-29(23)25(31)22-8-11-26-12-9-22/h4-9,11-12,20,23H,1-3,10,13-19H2/t23-/m0/s1. The molecule has 170 valence electrons. The second-order valence-electron chi connectivity index (χ2n) is 8.58. The number of benzene rings is 1. The summed E-state index contributed by atoms with van der Waals surface area (Å²) >= 11 is 0. The average Bonchev–Trinajstić information content (AvgIpc) is 2.86. The van der Waals surface area contributed by atoms with Crippen LogP contribution in [0.25, 0.3) is 0 Å². The molecule has 0 unspecified atom stereocenters. The molecule has 7 nitrogen and oxygen atoms in total. The molecule has 2 aliphatic rings. The number of pyridine rings is 1. The molecule has 2 fully saturated rings. The van der Waals surface area contributed by atoms with E-state index in [1.165, 1.54) is 5.56 Å². The van der Waals surface area contributed by atoms with Gasteiger partial charge in [-0.15, -0.1) is 0 Å². The number of carbonyl (C=O) groups is 2. The number of ether oxygens (including phenoxy) is 1. The maximum absolute atomic E-state index is 12.9. The van der Waals surface area contributed by atoms with Gasteiger partial charge in [0.25, 0.3) is 5.91 Å². The van der Waals surface area contributed by atoms with E-state index in [0.717, 1.165) is 77.1 Å². The lowest BCUT2D eigenvalue weighted by molar-refractivity contribution is -0.119. The molecule has 1 aromatic heterocycles. The molecule has 0 radical (unpaired) electrons. The normalized spacial score (nSPS) is 19.6. The fourth-order valence-electron chi connectivity index (χ4n) is 4.52. The predicted octanol–water partition coefficient (Wildman–Crippen LogP) is 2.82. The fraction of sp³-hybridized carbons (Fsp3) is 0.480. The maximum atomic E-state index is 12.9. The van der Waals surface area contributed by atoms with Crippen LogP contribution in [0.15, 0.2) is 48.8 Å². The van der Waals surface area contributed by atoms with Crippen molar-refractivity contribution in [2.45, 2.75) is 38.3 Å². The zero-order valence-electron chi connectivity index (χ0n) is 18.6. The van der Waals surface area contributed by atoms with Gasteiger partial charge in [-0.2, -0.15) is 0 Å². The third-order valence-corrected chi connectivity index (χ3v) is 6.42. The van der Waals surface area contributed by atoms with Gasteiger partial charge >= 0.3 is 0 Å². The third kappa shape index (κ3) is 5.85. The number of likely N-dealkylation sites (tertiary alicyclic amines) is 1. The van der Waals surface area contributed by atoms with Crippen molar-refractivity contribution >= 4 is 12.3 Å². The first kappa shape index (κ1) is 22.3. The Morgan fingerprint density at radius 2 is 1.75 bits per heavy atom. The predicted molar refractivity (Wildman–Crippen MR) is 122 cm³/mol. The van der Waals surface area contributed by atoms with Crippen LogP contribution in [0.1, 0.15) is 41.6 Å². The zero-order chi connectivity index (χ0) is 22.2. The molecule has 0 bridgehead atoms. The van der Waals surface area contributed by atoms with Gasteiger partial charge < -0.3 is 14.5 Å². The molecule has 1 aromatic carbocycles. The van der Waals surface area contributed by atoms with Gasteiger partial charge in [-0.05, 0) is 49.1 Å². The third-order valence-electron chi connectivity index (χ3n) is 6.42. The number of amides is 2. The highest BCUT2D eigenvalue weighted by Gasteiger charge is 2.27. The van der Waals surface area contributed by atoms with Crippen LogP contribution in [0.4, 0.5) is 0 Å². The number of hydrogen-bond donors (Lipinski definition) is 0. The minimum Gasteiger partial charge on any atom is -0.494 e. The van der Waals surface area contributed by atoms with Crippen LogP contribution in [0.5, 0.6) is 5.75 Å². The number of rotatable bonds is 8. The Morgan fingerprint density at radius 3 is 2.47 bits per heavy atom. The van der Waals surface area contributed by atoms with Crippen molar-refractivity contribution in [2.75, 3.05) is 39.3 Å². The maximum Gasteiger partial charge on any atom is 0.254 e. The number of nitrogens with zero attached hydrogens (tertiary/aromatic N) is 4. The molecule has 0 saturated carbocycles. The highest BCUT2D eigenvalue weighted by molar-refractivity contribution is 5.94. The molecule has 32 heavy (non-hydrogen) atoms. The van der Waals surface area contributed by atoms with Gasteiger partial charge in [0, 0.05) is 69.7 Å². The first-order valence-corrected chi connectivity index (χ1v) is 11.6. The van der Waals surface area contributed by atoms with Gasteiger partial charge in [0.2, 0.25) is 6.41 Å². The van der Waals surface area contributed by atoms with Crippen molar-refractivity contribution in [2.24, 2.45) is 0 Å². The molecule has 2 aliphatic heterocycles. The van der Waals surface area contributed by atoms with Crippen molar-refractivity contribution in [3.63, 3.8) is 0 Å². The smallest absolute Gasteiger partial charge is 0.254 e. The van der Waals surface area contributed by atoms with E-state index in [1.54, 1.807) is 24.5 Å². The van der Waals surface area contributed by atoms with E-state index in [-0.39, 0.29) is 11.9 Å². The summed E-state index contributed by atoms with van der Waals surface area (Å²) in [5.41, 5.74) is 1.95. The number of carbonyl (C=O) groups excluding carboxylic acids is 2. The highest BCUT2D eigenvalue weighted by Crippen LogP contribution is 2.23. The first-order valence-electron chi connectivity index (χ1n) is 11.6. The number of piperazine rings is 1. The summed E-state index contributed by atoms with van der Waals surface area (Å²) in [4.78, 5) is 34.0. The summed E-state index contributed by atoms with van der Waals surface area (Å²) in [6, 6.07) is 12.1. The minimum atomic E-state index is 0.0930. The Morgan fingerprint density at radius 1 is 1.00 bits per heavy atom. The van der Waals surface area contributed by atoms with Crippen molar-refractivity contribution in [1.29, 1.82) is 0 Å². The molecule has 7 heteroatoms. The number of piperidine rings is 1. The van der Waals surface area contributed by atoms with E-state index >= 15 is 0 Å². The van der Waals surface area contributed by atoms with Crippen LogP contribution in [0, 0.1) is 0 Å². The van der Waals surface area contributed by atoms with Crippen LogP contribution in [0.3, 0.4) is 0 Å². The number of aromatic nitrogens is 1. The topological polar surface area (TPSA) is 66.0 Å². The highest BCUT2D eigenvalue weighted by atomic mass is 16.5. The van der Waals surface area contributed by atoms with Crippen molar-refractivity contribution in [3.8, 4) is 5.75 Å². The SMILES string of the molecule is O=CN1CCN(Cc2ccc(OCC[C@@H]3CCCCN3C(=O)c3ccncc3)cc2)CC1. The molecule has 2 saturated heterocycles. The van der Waals surface area contributed by atoms with Crippen LogP contribution < -0.4 is 4.74 Å². The molecule has 2 aromatic rings. The Labute approximate surface area is 190 Å². The van der Waals surface area contributed by atoms with Gasteiger partial charge in [-0.1, -0.05) is 12.1 Å². The molecule has 0 spiro atoms. The molecule has 4 rings (SSSR count). The second kappa shape index (κ2) is 11.1. The first-order chi connectivity index (χ1) is 15.7. The van der Waals surface area contributed by atoms with Crippen molar-refractivity contribution in [1.82, 2.24) is 19.7 Å². The van der Waals surface area contributed by atoms with Gasteiger partial charge in [-0.3, -0.25) is 19.5 Å². The fourth-order valence-corrected chi connectivity index (χ4v) is 4.52. The van der Waals surface area contributed by atoms with Gasteiger partial charge in [-0.25, -0.2) is 0 Å². The van der Waals surface area contributed by atoms with Crippen LogP contribution in [0.2, 0.25) is 0 Å². The molecule has 2 amide bonds. The lowest BCUT2D eigenvalue weighted by Crippen LogP contribution is -2.45. The Hall–Kier alpha value is -2.93. The van der Waals surface area contributed by atoms with Crippen LogP contribution in [-0.4, -0.2) is 77.4 Å². The minimum absolute atomic E-state index is 0.0930. The lowest BCUT2D eigenvalue weighted by Gasteiger charge is -2.36. The summed E-state index contributed by atoms with van der Waals surface area (Å²) in [5.74, 6) is 0.956. The quantitative estimate of drug-likeness (QED) is 0.596. The molecular weight excluding hydrogens is 404 g/mol. The van der Waals surface area contributed by atoms with Crippen LogP contribution >= 0.6 is 0 Å². The Balaban J connectivity index is 1.24. The van der Waals surface area contributed by atoms with Gasteiger partial charge in [0.05, 0.1) is 6.61 Å². The summed E-state index contributed by atoms with van der Waals surface area (Å²) in [7, 11) is 0. The summed E-state index contributed by atoms with van der Waals surface area (Å²) < 4.78 is 6.01. The lowest BCUT2D eigenvalue weighted by atomic mass is 9.98. The molecule has 0 aliphatic carbocycles. The van der Waals surface area contributed by atoms with E-state index in [1.807, 2.05) is 21.9 Å². The molecule has 3 heterocycles. The molecule has 1 atom stereocenters.